The Labute approximate surface area is 76.4 Å². The fraction of sp³-hybridized carbons (Fsp3) is 0.667. The molecule has 0 spiro atoms. The zero-order valence-electron chi connectivity index (χ0n) is 8.02. The van der Waals surface area contributed by atoms with E-state index in [-0.39, 0.29) is 0 Å². The molecule has 1 rings (SSSR count). The zero-order chi connectivity index (χ0) is 8.65. The quantitative estimate of drug-likeness (QED) is 0.544. The molecule has 12 heavy (non-hydrogen) atoms. The molecule has 0 aliphatic heterocycles. The first-order valence-electron chi connectivity index (χ1n) is 5.24. The summed E-state index contributed by atoms with van der Waals surface area (Å²) in [5, 5.41) is 0. The average Bonchev–Trinajstić information content (AvgIpc) is 2.19. The Hall–Kier alpha value is -0.520. The van der Waals surface area contributed by atoms with Crippen molar-refractivity contribution in [1.29, 1.82) is 0 Å². The third-order valence-corrected chi connectivity index (χ3v) is 2.60. The van der Waals surface area contributed by atoms with Crippen LogP contribution in [0.25, 0.3) is 0 Å². The Morgan fingerprint density at radius 2 is 1.33 bits per heavy atom. The lowest BCUT2D eigenvalue weighted by Crippen LogP contribution is -1.82. The molecule has 0 bridgehead atoms. The summed E-state index contributed by atoms with van der Waals surface area (Å²) in [6.07, 6.45) is 15.3. The van der Waals surface area contributed by atoms with Gasteiger partial charge in [-0.2, -0.15) is 0 Å². The minimum absolute atomic E-state index is 1.31. The van der Waals surface area contributed by atoms with Crippen molar-refractivity contribution in [2.75, 3.05) is 0 Å². The molecule has 1 fully saturated rings. The standard InChI is InChI=1S/C12H20/c1-2-9-12-10-7-5-3-4-6-8-11-12/h2,9H,1,3-8,10-11H2. The predicted molar refractivity (Wildman–Crippen MR) is 55.2 cm³/mol. The first kappa shape index (κ1) is 9.57. The van der Waals surface area contributed by atoms with Crippen LogP contribution < -0.4 is 0 Å². The Bertz CT molecular complexity index is 141. The van der Waals surface area contributed by atoms with Crippen LogP contribution in [0.1, 0.15) is 51.4 Å². The molecule has 0 atom stereocenters. The number of hydrogen-bond acceptors (Lipinski definition) is 0. The van der Waals surface area contributed by atoms with Crippen molar-refractivity contribution in [1.82, 2.24) is 0 Å². The third kappa shape index (κ3) is 3.75. The zero-order valence-corrected chi connectivity index (χ0v) is 8.02. The number of allylic oxidation sites excluding steroid dienone is 3. The molecule has 0 aromatic rings. The number of rotatable bonds is 1. The van der Waals surface area contributed by atoms with Crippen LogP contribution in [0.2, 0.25) is 0 Å². The molecule has 1 aliphatic carbocycles. The molecule has 0 saturated heterocycles. The molecule has 0 aromatic carbocycles. The predicted octanol–water partition coefficient (Wildman–Crippen LogP) is 4.23. The van der Waals surface area contributed by atoms with Gasteiger partial charge >= 0.3 is 0 Å². The van der Waals surface area contributed by atoms with E-state index in [1.807, 2.05) is 6.08 Å². The van der Waals surface area contributed by atoms with Crippen LogP contribution in [0, 0.1) is 0 Å². The van der Waals surface area contributed by atoms with E-state index in [1.54, 1.807) is 5.57 Å². The molecule has 0 radical (unpaired) electrons. The van der Waals surface area contributed by atoms with Crippen molar-refractivity contribution in [2.45, 2.75) is 51.4 Å². The van der Waals surface area contributed by atoms with E-state index in [2.05, 4.69) is 12.7 Å². The van der Waals surface area contributed by atoms with E-state index in [0.29, 0.717) is 0 Å². The fourth-order valence-electron chi connectivity index (χ4n) is 1.87. The minimum atomic E-state index is 1.31. The van der Waals surface area contributed by atoms with E-state index >= 15 is 0 Å². The highest BCUT2D eigenvalue weighted by molar-refractivity contribution is 5.10. The summed E-state index contributed by atoms with van der Waals surface area (Å²) < 4.78 is 0. The second kappa shape index (κ2) is 6.05. The summed E-state index contributed by atoms with van der Waals surface area (Å²) in [4.78, 5) is 0. The molecule has 0 N–H and O–H groups in total. The summed E-state index contributed by atoms with van der Waals surface area (Å²) in [6, 6.07) is 0. The lowest BCUT2D eigenvalue weighted by molar-refractivity contribution is 0.624. The van der Waals surface area contributed by atoms with Gasteiger partial charge in [0.05, 0.1) is 0 Å². The van der Waals surface area contributed by atoms with Gasteiger partial charge in [-0.3, -0.25) is 0 Å². The lowest BCUT2D eigenvalue weighted by Gasteiger charge is -2.02. The molecular formula is C12H20. The van der Waals surface area contributed by atoms with Crippen LogP contribution in [-0.4, -0.2) is 0 Å². The van der Waals surface area contributed by atoms with Gasteiger partial charge in [-0.25, -0.2) is 0 Å². The summed E-state index contributed by atoms with van der Waals surface area (Å²) in [7, 11) is 0. The second-order valence-electron chi connectivity index (χ2n) is 3.68. The van der Waals surface area contributed by atoms with Gasteiger partial charge < -0.3 is 0 Å². The Morgan fingerprint density at radius 3 is 1.83 bits per heavy atom. The lowest BCUT2D eigenvalue weighted by atomic mass is 10.0. The Kier molecular flexibility index (Phi) is 4.82. The van der Waals surface area contributed by atoms with Crippen molar-refractivity contribution in [3.8, 4) is 0 Å². The Morgan fingerprint density at radius 1 is 0.833 bits per heavy atom. The van der Waals surface area contributed by atoms with Gasteiger partial charge in [0, 0.05) is 0 Å². The summed E-state index contributed by atoms with van der Waals surface area (Å²) in [5.74, 6) is 0. The normalized spacial score (nSPS) is 20.5. The van der Waals surface area contributed by atoms with Gasteiger partial charge in [0.25, 0.3) is 0 Å². The smallest absolute Gasteiger partial charge is 0.0317 e. The molecule has 0 heterocycles. The van der Waals surface area contributed by atoms with Gasteiger partial charge in [0.1, 0.15) is 0 Å². The van der Waals surface area contributed by atoms with Crippen molar-refractivity contribution in [3.05, 3.63) is 24.3 Å². The average molecular weight is 164 g/mol. The van der Waals surface area contributed by atoms with Crippen LogP contribution in [0.15, 0.2) is 24.3 Å². The molecule has 0 unspecified atom stereocenters. The molecule has 0 aromatic heterocycles. The second-order valence-corrected chi connectivity index (χ2v) is 3.68. The molecule has 0 heteroatoms. The van der Waals surface area contributed by atoms with Crippen molar-refractivity contribution < 1.29 is 0 Å². The SMILES string of the molecule is C=CC=C1CCCCCCCC1. The Balaban J connectivity index is 2.38. The van der Waals surface area contributed by atoms with Crippen molar-refractivity contribution in [2.24, 2.45) is 0 Å². The van der Waals surface area contributed by atoms with Crippen LogP contribution in [0.3, 0.4) is 0 Å². The van der Waals surface area contributed by atoms with E-state index in [0.717, 1.165) is 0 Å². The van der Waals surface area contributed by atoms with Crippen LogP contribution in [-0.2, 0) is 0 Å². The maximum atomic E-state index is 3.76. The molecule has 1 aliphatic rings. The van der Waals surface area contributed by atoms with Crippen LogP contribution in [0.5, 0.6) is 0 Å². The molecule has 1 saturated carbocycles. The van der Waals surface area contributed by atoms with Crippen molar-refractivity contribution in [3.63, 3.8) is 0 Å². The topological polar surface area (TPSA) is 0 Å². The third-order valence-electron chi connectivity index (χ3n) is 2.60. The molecule has 0 amide bonds. The molecular weight excluding hydrogens is 144 g/mol. The van der Waals surface area contributed by atoms with Gasteiger partial charge in [0.15, 0.2) is 0 Å². The summed E-state index contributed by atoms with van der Waals surface area (Å²) in [6.45, 7) is 3.76. The highest BCUT2D eigenvalue weighted by Crippen LogP contribution is 2.20. The number of hydrogen-bond donors (Lipinski definition) is 0. The highest BCUT2D eigenvalue weighted by atomic mass is 14.1. The summed E-state index contributed by atoms with van der Waals surface area (Å²) >= 11 is 0. The van der Waals surface area contributed by atoms with E-state index < -0.39 is 0 Å². The molecule has 0 nitrogen and oxygen atoms in total. The van der Waals surface area contributed by atoms with Crippen molar-refractivity contribution >= 4 is 0 Å². The van der Waals surface area contributed by atoms with Crippen LogP contribution >= 0.6 is 0 Å². The monoisotopic (exact) mass is 164 g/mol. The van der Waals surface area contributed by atoms with Gasteiger partial charge in [0.2, 0.25) is 0 Å². The van der Waals surface area contributed by atoms with E-state index in [1.165, 1.54) is 51.4 Å². The first-order valence-corrected chi connectivity index (χ1v) is 5.24. The first-order chi connectivity index (χ1) is 5.93. The minimum Gasteiger partial charge on any atom is -0.0991 e. The maximum absolute atomic E-state index is 3.76. The van der Waals surface area contributed by atoms with Gasteiger partial charge in [-0.1, -0.05) is 50.0 Å². The van der Waals surface area contributed by atoms with E-state index in [4.69, 9.17) is 0 Å². The summed E-state index contributed by atoms with van der Waals surface area (Å²) in [5.41, 5.74) is 1.62. The molecule has 68 valence electrons. The maximum Gasteiger partial charge on any atom is -0.0317 e. The van der Waals surface area contributed by atoms with Gasteiger partial charge in [-0.15, -0.1) is 0 Å². The largest absolute Gasteiger partial charge is 0.0991 e. The van der Waals surface area contributed by atoms with Crippen LogP contribution in [0.4, 0.5) is 0 Å². The van der Waals surface area contributed by atoms with Gasteiger partial charge in [-0.05, 0) is 25.7 Å². The highest BCUT2D eigenvalue weighted by Gasteiger charge is 2.01. The fourth-order valence-corrected chi connectivity index (χ4v) is 1.87. The van der Waals surface area contributed by atoms with E-state index in [9.17, 15) is 0 Å².